The van der Waals surface area contributed by atoms with E-state index in [4.69, 9.17) is 4.74 Å². The van der Waals surface area contributed by atoms with Crippen molar-refractivity contribution < 1.29 is 26.8 Å². The van der Waals surface area contributed by atoms with Gasteiger partial charge in [0.05, 0.1) is 12.0 Å². The van der Waals surface area contributed by atoms with Gasteiger partial charge in [0.2, 0.25) is 5.91 Å². The molecule has 0 saturated carbocycles. The van der Waals surface area contributed by atoms with Crippen LogP contribution in [0.5, 0.6) is 0 Å². The molecule has 3 nitrogen and oxygen atoms in total. The van der Waals surface area contributed by atoms with Crippen LogP contribution in [-0.2, 0) is 9.53 Å². The van der Waals surface area contributed by atoms with Gasteiger partial charge in [-0.05, 0) is 61.4 Å². The van der Waals surface area contributed by atoms with Gasteiger partial charge in [-0.2, -0.15) is 0 Å². The lowest BCUT2D eigenvalue weighted by atomic mass is 9.96. The van der Waals surface area contributed by atoms with Crippen molar-refractivity contribution in [1.82, 2.24) is 0 Å². The number of rotatable bonds is 7. The Balaban J connectivity index is 0.000000714. The maximum Gasteiger partial charge on any atom is 0.673 e. The third-order valence-corrected chi connectivity index (χ3v) is 11.8. The Bertz CT molecular complexity index is 1260. The monoisotopic (exact) mass is 581 g/mol. The lowest BCUT2D eigenvalue weighted by Gasteiger charge is -2.40. The molecule has 5 rings (SSSR count). The van der Waals surface area contributed by atoms with Gasteiger partial charge in [0, 0.05) is 12.1 Å². The zero-order valence-corrected chi connectivity index (χ0v) is 23.6. The first-order valence-corrected chi connectivity index (χ1v) is 15.5. The summed E-state index contributed by atoms with van der Waals surface area (Å²) in [6.45, 7) is 2.00. The number of para-hydroxylation sites is 1. The second kappa shape index (κ2) is 13.9. The van der Waals surface area contributed by atoms with Crippen molar-refractivity contribution >= 4 is 42.0 Å². The van der Waals surface area contributed by atoms with Crippen molar-refractivity contribution in [1.29, 1.82) is 0 Å². The maximum atomic E-state index is 13.2. The number of hydrogen-bond donors (Lipinski definition) is 1. The first-order chi connectivity index (χ1) is 19.7. The Morgan fingerprint density at radius 2 is 1.12 bits per heavy atom. The third kappa shape index (κ3) is 7.84. The lowest BCUT2D eigenvalue weighted by molar-refractivity contribution is -0.127. The molecule has 1 aliphatic rings. The van der Waals surface area contributed by atoms with E-state index in [1.54, 1.807) is 0 Å². The van der Waals surface area contributed by atoms with E-state index in [0.29, 0.717) is 0 Å². The number of ether oxygens (including phenoxy) is 1. The van der Waals surface area contributed by atoms with Gasteiger partial charge in [-0.15, -0.1) is 0 Å². The van der Waals surface area contributed by atoms with Crippen LogP contribution < -0.4 is 21.2 Å². The molecule has 41 heavy (non-hydrogen) atoms. The molecule has 4 aromatic rings. The molecule has 1 fully saturated rings. The van der Waals surface area contributed by atoms with E-state index in [9.17, 15) is 22.1 Å². The molecule has 214 valence electrons. The molecule has 0 aliphatic carbocycles. The van der Waals surface area contributed by atoms with Gasteiger partial charge in [0.1, 0.15) is 23.2 Å². The van der Waals surface area contributed by atoms with Gasteiger partial charge < -0.3 is 27.3 Å². The second-order valence-electron chi connectivity index (χ2n) is 9.93. The maximum absolute atomic E-state index is 13.2. The fourth-order valence-electron chi connectivity index (χ4n) is 5.37. The largest absolute Gasteiger partial charge is 0.673 e. The van der Waals surface area contributed by atoms with E-state index in [1.165, 1.54) is 15.9 Å². The summed E-state index contributed by atoms with van der Waals surface area (Å²) < 4.78 is 46.0. The molecule has 1 saturated heterocycles. The molecule has 4 aromatic carbocycles. The minimum Gasteiger partial charge on any atom is -0.418 e. The zero-order chi connectivity index (χ0) is 29.3. The molecule has 1 amide bonds. The van der Waals surface area contributed by atoms with Crippen LogP contribution in [0.25, 0.3) is 0 Å². The molecule has 1 aliphatic heterocycles. The van der Waals surface area contributed by atoms with Crippen molar-refractivity contribution in [2.45, 2.75) is 38.1 Å². The highest BCUT2D eigenvalue weighted by Crippen LogP contribution is 2.62. The smallest absolute Gasteiger partial charge is 0.418 e. The standard InChI is InChI=1S/C32H32NO2P.BF4/c1-25(32(34)33-26-15-6-2-7-16-26)30-23-14-24-31(35-30)36(27-17-8-3-9-18-27,28-19-10-4-11-20-28)29-21-12-5-13-22-29;2-1(3,4)5/h2-13,15-22,25,30-31H,14,23-24H2,1H3;/q;-1/p+1/t25-,30+,31?;/m1./s1. The summed E-state index contributed by atoms with van der Waals surface area (Å²) in [7, 11) is -8.16. The summed E-state index contributed by atoms with van der Waals surface area (Å²) in [4.78, 5) is 13.2. The predicted molar refractivity (Wildman–Crippen MR) is 162 cm³/mol. The minimum absolute atomic E-state index is 0.00424. The van der Waals surface area contributed by atoms with Crippen molar-refractivity contribution in [3.8, 4) is 0 Å². The normalized spacial score (nSPS) is 18.0. The fourth-order valence-corrected chi connectivity index (χ4v) is 10.1. The molecule has 9 heteroatoms. The number of benzene rings is 4. The number of anilines is 1. The van der Waals surface area contributed by atoms with Crippen LogP contribution in [-0.4, -0.2) is 25.1 Å². The summed E-state index contributed by atoms with van der Waals surface area (Å²) >= 11 is 0. The number of nitrogens with one attached hydrogen (secondary N) is 1. The topological polar surface area (TPSA) is 38.3 Å². The molecule has 1 N–H and O–H groups in total. The van der Waals surface area contributed by atoms with Crippen molar-refractivity contribution in [2.24, 2.45) is 5.92 Å². The summed E-state index contributed by atoms with van der Waals surface area (Å²) in [5, 5.41) is 7.02. The summed E-state index contributed by atoms with van der Waals surface area (Å²) in [5.41, 5.74) is 0.821. The minimum atomic E-state index is -6.00. The van der Waals surface area contributed by atoms with Crippen LogP contribution in [0.1, 0.15) is 26.2 Å². The van der Waals surface area contributed by atoms with Crippen LogP contribution in [0.15, 0.2) is 121 Å². The lowest BCUT2D eigenvalue weighted by Crippen LogP contribution is -2.45. The summed E-state index contributed by atoms with van der Waals surface area (Å²) in [5.74, 6) is -0.248. The van der Waals surface area contributed by atoms with E-state index in [2.05, 4.69) is 96.3 Å². The Morgan fingerprint density at radius 3 is 1.54 bits per heavy atom. The van der Waals surface area contributed by atoms with Gasteiger partial charge in [0.25, 0.3) is 0 Å². The third-order valence-electron chi connectivity index (χ3n) is 7.21. The highest BCUT2D eigenvalue weighted by molar-refractivity contribution is 7.96. The molecular formula is C32H33BF4NO2P. The second-order valence-corrected chi connectivity index (χ2v) is 13.5. The molecule has 1 unspecified atom stereocenters. The van der Waals surface area contributed by atoms with E-state index in [-0.39, 0.29) is 23.8 Å². The molecule has 0 radical (unpaired) electrons. The molecule has 0 spiro atoms. The van der Waals surface area contributed by atoms with E-state index < -0.39 is 14.5 Å². The van der Waals surface area contributed by atoms with Gasteiger partial charge >= 0.3 is 7.25 Å². The number of hydrogen-bond acceptors (Lipinski definition) is 2. The van der Waals surface area contributed by atoms with Gasteiger partial charge in [-0.1, -0.05) is 79.7 Å². The average Bonchev–Trinajstić information content (AvgIpc) is 2.99. The molecule has 0 aromatic heterocycles. The van der Waals surface area contributed by atoms with Crippen LogP contribution in [0.2, 0.25) is 0 Å². The molecular weight excluding hydrogens is 548 g/mol. The molecule has 0 bridgehead atoms. The number of amides is 1. The highest BCUT2D eigenvalue weighted by Gasteiger charge is 2.55. The Hall–Kier alpha value is -3.48. The predicted octanol–water partition coefficient (Wildman–Crippen LogP) is 7.45. The van der Waals surface area contributed by atoms with E-state index in [1.807, 2.05) is 37.3 Å². The van der Waals surface area contributed by atoms with Gasteiger partial charge in [-0.25, -0.2) is 0 Å². The first kappa shape index (κ1) is 30.5. The van der Waals surface area contributed by atoms with Gasteiger partial charge in [-0.3, -0.25) is 4.79 Å². The first-order valence-electron chi connectivity index (χ1n) is 13.6. The average molecular weight is 581 g/mol. The van der Waals surface area contributed by atoms with Crippen molar-refractivity contribution in [2.75, 3.05) is 5.32 Å². The summed E-state index contributed by atoms with van der Waals surface area (Å²) in [6, 6.07) is 42.2. The van der Waals surface area contributed by atoms with Crippen LogP contribution in [0, 0.1) is 5.92 Å². The van der Waals surface area contributed by atoms with Crippen LogP contribution in [0.3, 0.4) is 0 Å². The van der Waals surface area contributed by atoms with E-state index >= 15 is 0 Å². The quantitative estimate of drug-likeness (QED) is 0.140. The summed E-state index contributed by atoms with van der Waals surface area (Å²) in [6.07, 6.45) is 2.75. The Labute approximate surface area is 239 Å². The number of carbonyl (C=O) groups excluding carboxylic acids is 1. The van der Waals surface area contributed by atoms with Crippen LogP contribution in [0.4, 0.5) is 23.0 Å². The van der Waals surface area contributed by atoms with Gasteiger partial charge in [0.15, 0.2) is 5.85 Å². The number of halogens is 4. The Morgan fingerprint density at radius 1 is 0.732 bits per heavy atom. The SMILES string of the molecule is C[C@@H](C(=O)Nc1ccccc1)[C@@H]1CCCC([P+](c2ccccc2)(c2ccccc2)c2ccccc2)O1.F[B-](F)(F)F. The molecule has 3 atom stereocenters. The molecule has 1 heterocycles. The highest BCUT2D eigenvalue weighted by atomic mass is 31.2. The Kier molecular flexibility index (Phi) is 10.4. The van der Waals surface area contributed by atoms with Crippen molar-refractivity contribution in [3.63, 3.8) is 0 Å². The fraction of sp³-hybridized carbons (Fsp3) is 0.219. The number of carbonyl (C=O) groups is 1. The van der Waals surface area contributed by atoms with E-state index in [0.717, 1.165) is 24.9 Å². The van der Waals surface area contributed by atoms with Crippen LogP contribution >= 0.6 is 7.26 Å². The van der Waals surface area contributed by atoms with Crippen molar-refractivity contribution in [3.05, 3.63) is 121 Å². The zero-order valence-electron chi connectivity index (χ0n) is 22.8.